The number of carbonyl (C=O) groups excluding carboxylic acids is 1. The minimum Gasteiger partial charge on any atom is -0.356 e. The number of nitrogens with one attached hydrogen (secondary N) is 2. The van der Waals surface area contributed by atoms with E-state index in [1.165, 1.54) is 16.2 Å². The molecule has 0 aliphatic rings. The second-order valence-electron chi connectivity index (χ2n) is 5.11. The van der Waals surface area contributed by atoms with E-state index in [-0.39, 0.29) is 30.0 Å². The summed E-state index contributed by atoms with van der Waals surface area (Å²) in [6.45, 7) is 0.596. The first-order valence-electron chi connectivity index (χ1n) is 7.51. The van der Waals surface area contributed by atoms with Crippen molar-refractivity contribution in [2.75, 3.05) is 6.54 Å². The molecule has 0 atom stereocenters. The number of rotatable bonds is 7. The number of aryl methyl sites for hydroxylation is 1. The molecule has 24 heavy (non-hydrogen) atoms. The molecule has 3 rings (SSSR count). The second kappa shape index (κ2) is 7.98. The number of hydrogen-bond acceptors (Lipinski definition) is 6. The van der Waals surface area contributed by atoms with Gasteiger partial charge in [0.25, 0.3) is 5.56 Å². The molecule has 8 heteroatoms. The van der Waals surface area contributed by atoms with Crippen molar-refractivity contribution in [1.82, 2.24) is 20.5 Å². The van der Waals surface area contributed by atoms with E-state index >= 15 is 0 Å². The Hall–Kier alpha value is -2.32. The van der Waals surface area contributed by atoms with E-state index in [4.69, 9.17) is 0 Å². The maximum atomic E-state index is 12.0. The van der Waals surface area contributed by atoms with Gasteiger partial charge in [-0.2, -0.15) is 0 Å². The van der Waals surface area contributed by atoms with Gasteiger partial charge in [-0.3, -0.25) is 9.59 Å². The number of thiophene rings is 2. The number of H-pyrrole nitrogens is 1. The second-order valence-corrected chi connectivity index (χ2v) is 7.09. The molecule has 0 spiro atoms. The van der Waals surface area contributed by atoms with E-state index in [0.29, 0.717) is 12.4 Å². The standard InChI is InChI=1S/C16H16N4O2S2/c21-14(17-8-7-11-3-1-9-23-11)6-5-12-16(22)18-15(20-19-12)13-4-2-10-24-13/h1-4,9-10H,5-8H2,(H,17,21)(H,18,20,22). The normalized spacial score (nSPS) is 10.7. The van der Waals surface area contributed by atoms with E-state index < -0.39 is 0 Å². The van der Waals surface area contributed by atoms with Gasteiger partial charge in [-0.1, -0.05) is 12.1 Å². The topological polar surface area (TPSA) is 87.7 Å². The zero-order valence-electron chi connectivity index (χ0n) is 12.8. The van der Waals surface area contributed by atoms with Crippen molar-refractivity contribution in [3.63, 3.8) is 0 Å². The van der Waals surface area contributed by atoms with Crippen LogP contribution in [-0.2, 0) is 17.6 Å². The predicted molar refractivity (Wildman–Crippen MR) is 95.3 cm³/mol. The summed E-state index contributed by atoms with van der Waals surface area (Å²) >= 11 is 3.15. The van der Waals surface area contributed by atoms with Gasteiger partial charge >= 0.3 is 0 Å². The van der Waals surface area contributed by atoms with Crippen LogP contribution in [0.5, 0.6) is 0 Å². The van der Waals surface area contributed by atoms with E-state index in [1.54, 1.807) is 11.3 Å². The summed E-state index contributed by atoms with van der Waals surface area (Å²) in [5.74, 6) is 0.370. The summed E-state index contributed by atoms with van der Waals surface area (Å²) in [5, 5.41) is 14.8. The smallest absolute Gasteiger partial charge is 0.273 e. The Morgan fingerprint density at radius 3 is 2.67 bits per heavy atom. The van der Waals surface area contributed by atoms with Crippen LogP contribution >= 0.6 is 22.7 Å². The van der Waals surface area contributed by atoms with Crippen LogP contribution in [0.15, 0.2) is 39.8 Å². The lowest BCUT2D eigenvalue weighted by atomic mass is 10.2. The van der Waals surface area contributed by atoms with Gasteiger partial charge in [-0.05, 0) is 29.3 Å². The molecule has 3 aromatic heterocycles. The summed E-state index contributed by atoms with van der Waals surface area (Å²) in [5.41, 5.74) is -0.0106. The minimum atomic E-state index is -0.292. The highest BCUT2D eigenvalue weighted by molar-refractivity contribution is 7.13. The maximum absolute atomic E-state index is 12.0. The van der Waals surface area contributed by atoms with Gasteiger partial charge in [-0.25, -0.2) is 0 Å². The highest BCUT2D eigenvalue weighted by Gasteiger charge is 2.09. The number of aromatic nitrogens is 3. The van der Waals surface area contributed by atoms with Crippen molar-refractivity contribution in [1.29, 1.82) is 0 Å². The van der Waals surface area contributed by atoms with Crippen molar-refractivity contribution in [3.8, 4) is 10.7 Å². The summed E-state index contributed by atoms with van der Waals surface area (Å²) < 4.78 is 0. The largest absolute Gasteiger partial charge is 0.356 e. The molecule has 0 aliphatic carbocycles. The number of hydrogen-bond donors (Lipinski definition) is 2. The molecule has 0 aliphatic heterocycles. The van der Waals surface area contributed by atoms with Gasteiger partial charge < -0.3 is 10.3 Å². The highest BCUT2D eigenvalue weighted by Crippen LogP contribution is 2.18. The number of nitrogens with zero attached hydrogens (tertiary/aromatic N) is 2. The first-order chi connectivity index (χ1) is 11.7. The molecule has 0 saturated heterocycles. The van der Waals surface area contributed by atoms with Gasteiger partial charge in [0.2, 0.25) is 5.91 Å². The van der Waals surface area contributed by atoms with Crippen molar-refractivity contribution in [3.05, 3.63) is 56.0 Å². The number of amides is 1. The van der Waals surface area contributed by atoms with Crippen molar-refractivity contribution in [2.24, 2.45) is 0 Å². The Kier molecular flexibility index (Phi) is 5.50. The molecule has 0 fully saturated rings. The Labute approximate surface area is 146 Å². The fourth-order valence-corrected chi connectivity index (χ4v) is 3.52. The van der Waals surface area contributed by atoms with Gasteiger partial charge in [0, 0.05) is 24.3 Å². The summed E-state index contributed by atoms with van der Waals surface area (Å²) in [4.78, 5) is 28.7. The molecule has 0 unspecified atom stereocenters. The van der Waals surface area contributed by atoms with Crippen LogP contribution in [0.25, 0.3) is 10.7 Å². The van der Waals surface area contributed by atoms with E-state index in [0.717, 1.165) is 11.3 Å². The average Bonchev–Trinajstić information content (AvgIpc) is 3.27. The fraction of sp³-hybridized carbons (Fsp3) is 0.250. The van der Waals surface area contributed by atoms with Crippen LogP contribution in [0.4, 0.5) is 0 Å². The third-order valence-electron chi connectivity index (χ3n) is 3.38. The highest BCUT2D eigenvalue weighted by atomic mass is 32.1. The summed E-state index contributed by atoms with van der Waals surface area (Å²) in [6, 6.07) is 7.79. The summed E-state index contributed by atoms with van der Waals surface area (Å²) in [6.07, 6.45) is 1.32. The third-order valence-corrected chi connectivity index (χ3v) is 5.19. The lowest BCUT2D eigenvalue weighted by Gasteiger charge is -2.04. The van der Waals surface area contributed by atoms with Crippen LogP contribution < -0.4 is 10.9 Å². The Morgan fingerprint density at radius 2 is 1.96 bits per heavy atom. The fourth-order valence-electron chi connectivity index (χ4n) is 2.15. The van der Waals surface area contributed by atoms with Crippen molar-refractivity contribution >= 4 is 28.6 Å². The van der Waals surface area contributed by atoms with E-state index in [9.17, 15) is 9.59 Å². The first kappa shape index (κ1) is 16.5. The molecule has 3 aromatic rings. The monoisotopic (exact) mass is 360 g/mol. The van der Waals surface area contributed by atoms with Crippen LogP contribution in [0.1, 0.15) is 17.0 Å². The molecule has 0 saturated carbocycles. The number of aromatic amines is 1. The summed E-state index contributed by atoms with van der Waals surface area (Å²) in [7, 11) is 0. The van der Waals surface area contributed by atoms with Crippen LogP contribution in [0, 0.1) is 0 Å². The molecule has 124 valence electrons. The Morgan fingerprint density at radius 1 is 1.12 bits per heavy atom. The molecule has 0 radical (unpaired) electrons. The van der Waals surface area contributed by atoms with Gasteiger partial charge in [0.1, 0.15) is 5.69 Å². The average molecular weight is 360 g/mol. The molecule has 3 heterocycles. The number of carbonyl (C=O) groups is 1. The van der Waals surface area contributed by atoms with E-state index in [1.807, 2.05) is 35.0 Å². The molecule has 1 amide bonds. The SMILES string of the molecule is O=C(CCc1nnc(-c2cccs2)[nH]c1=O)NCCc1cccs1. The first-order valence-corrected chi connectivity index (χ1v) is 9.27. The zero-order valence-corrected chi connectivity index (χ0v) is 14.5. The molecule has 0 aromatic carbocycles. The van der Waals surface area contributed by atoms with Gasteiger partial charge in [-0.15, -0.1) is 32.9 Å². The Bertz CT molecular complexity index is 841. The van der Waals surface area contributed by atoms with E-state index in [2.05, 4.69) is 20.5 Å². The lowest BCUT2D eigenvalue weighted by molar-refractivity contribution is -0.121. The minimum absolute atomic E-state index is 0.0879. The molecular formula is C16H16N4O2S2. The zero-order chi connectivity index (χ0) is 16.8. The Balaban J connectivity index is 1.49. The maximum Gasteiger partial charge on any atom is 0.273 e. The molecule has 2 N–H and O–H groups in total. The quantitative estimate of drug-likeness (QED) is 0.676. The molecule has 6 nitrogen and oxygen atoms in total. The van der Waals surface area contributed by atoms with Gasteiger partial charge in [0.15, 0.2) is 5.82 Å². The van der Waals surface area contributed by atoms with Crippen molar-refractivity contribution in [2.45, 2.75) is 19.3 Å². The van der Waals surface area contributed by atoms with Crippen LogP contribution in [0.3, 0.4) is 0 Å². The van der Waals surface area contributed by atoms with Crippen LogP contribution in [-0.4, -0.2) is 27.6 Å². The molecule has 0 bridgehead atoms. The van der Waals surface area contributed by atoms with Gasteiger partial charge in [0.05, 0.1) is 4.88 Å². The molecular weight excluding hydrogens is 344 g/mol. The van der Waals surface area contributed by atoms with Crippen molar-refractivity contribution < 1.29 is 4.79 Å². The lowest BCUT2D eigenvalue weighted by Crippen LogP contribution is -2.27. The predicted octanol–water partition coefficient (Wildman–Crippen LogP) is 2.25. The third kappa shape index (κ3) is 4.36. The van der Waals surface area contributed by atoms with Crippen LogP contribution in [0.2, 0.25) is 0 Å².